The summed E-state index contributed by atoms with van der Waals surface area (Å²) in [4.78, 5) is 5.27. The molecule has 2 saturated heterocycles. The Morgan fingerprint density at radius 1 is 1.16 bits per heavy atom. The van der Waals surface area contributed by atoms with Crippen LogP contribution in [0.15, 0.2) is 0 Å². The van der Waals surface area contributed by atoms with E-state index in [0.29, 0.717) is 0 Å². The molecule has 3 unspecified atom stereocenters. The Hall–Kier alpha value is -0.120. The van der Waals surface area contributed by atoms with Crippen molar-refractivity contribution in [3.8, 4) is 0 Å². The second kappa shape index (κ2) is 6.11. The van der Waals surface area contributed by atoms with Crippen LogP contribution in [0, 0.1) is 5.92 Å². The molecule has 19 heavy (non-hydrogen) atoms. The Balaban J connectivity index is 1.76. The lowest BCUT2D eigenvalue weighted by molar-refractivity contribution is 0.101. The Morgan fingerprint density at radius 3 is 2.53 bits per heavy atom. The fourth-order valence-electron chi connectivity index (χ4n) is 3.41. The van der Waals surface area contributed by atoms with Crippen molar-refractivity contribution in [3.05, 3.63) is 0 Å². The number of likely N-dealkylation sites (tertiary alicyclic amines) is 2. The Labute approximate surface area is 119 Å². The third kappa shape index (κ3) is 4.44. The van der Waals surface area contributed by atoms with Gasteiger partial charge in [-0.3, -0.25) is 4.90 Å². The van der Waals surface area contributed by atoms with E-state index in [2.05, 4.69) is 49.9 Å². The molecule has 1 N–H and O–H groups in total. The third-order valence-corrected chi connectivity index (χ3v) is 4.94. The highest BCUT2D eigenvalue weighted by molar-refractivity contribution is 4.88. The van der Waals surface area contributed by atoms with E-state index in [9.17, 15) is 0 Å². The van der Waals surface area contributed by atoms with Gasteiger partial charge in [-0.15, -0.1) is 0 Å². The maximum absolute atomic E-state index is 3.67. The van der Waals surface area contributed by atoms with Gasteiger partial charge in [-0.1, -0.05) is 0 Å². The average Bonchev–Trinajstić information content (AvgIpc) is 2.78. The van der Waals surface area contributed by atoms with Crippen LogP contribution in [0.4, 0.5) is 0 Å². The van der Waals surface area contributed by atoms with Crippen LogP contribution in [0.25, 0.3) is 0 Å². The minimum Gasteiger partial charge on any atom is -0.312 e. The van der Waals surface area contributed by atoms with Crippen LogP contribution < -0.4 is 5.32 Å². The molecule has 2 rings (SSSR count). The van der Waals surface area contributed by atoms with E-state index in [1.807, 2.05) is 0 Å². The molecule has 112 valence electrons. The molecule has 2 aliphatic heterocycles. The molecule has 2 heterocycles. The predicted octanol–water partition coefficient (Wildman–Crippen LogP) is 2.18. The molecule has 2 aliphatic rings. The summed E-state index contributed by atoms with van der Waals surface area (Å²) < 4.78 is 0. The number of piperidine rings is 1. The topological polar surface area (TPSA) is 18.5 Å². The molecule has 0 aromatic carbocycles. The zero-order valence-corrected chi connectivity index (χ0v) is 13.6. The number of rotatable bonds is 3. The molecule has 2 fully saturated rings. The summed E-state index contributed by atoms with van der Waals surface area (Å²) in [5.41, 5.74) is 0.259. The zero-order chi connectivity index (χ0) is 14.0. The summed E-state index contributed by atoms with van der Waals surface area (Å²) >= 11 is 0. The molecule has 0 amide bonds. The molecule has 0 spiro atoms. The molecule has 3 heteroatoms. The highest BCUT2D eigenvalue weighted by Gasteiger charge is 2.32. The average molecular weight is 267 g/mol. The fraction of sp³-hybridized carbons (Fsp3) is 1.00. The standard InChI is InChI=1S/C16H33N3/c1-13-10-15(7-8-18(13)5)19-9-6-14(12-19)11-17-16(2,3)4/h13-15,17H,6-12H2,1-5H3. The molecular weight excluding hydrogens is 234 g/mol. The van der Waals surface area contributed by atoms with E-state index in [1.165, 1.54) is 45.4 Å². The number of hydrogen-bond acceptors (Lipinski definition) is 3. The monoisotopic (exact) mass is 267 g/mol. The van der Waals surface area contributed by atoms with Crippen molar-refractivity contribution in [2.45, 2.75) is 64.6 Å². The quantitative estimate of drug-likeness (QED) is 0.845. The van der Waals surface area contributed by atoms with Gasteiger partial charge in [-0.25, -0.2) is 0 Å². The maximum Gasteiger partial charge on any atom is 0.0122 e. The van der Waals surface area contributed by atoms with Gasteiger partial charge in [0.05, 0.1) is 0 Å². The molecular formula is C16H33N3. The summed E-state index contributed by atoms with van der Waals surface area (Å²) in [6.07, 6.45) is 4.10. The SMILES string of the molecule is CC1CC(N2CCC(CNC(C)(C)C)C2)CCN1C. The van der Waals surface area contributed by atoms with Gasteiger partial charge in [0.2, 0.25) is 0 Å². The fourth-order valence-corrected chi connectivity index (χ4v) is 3.41. The molecule has 0 radical (unpaired) electrons. The van der Waals surface area contributed by atoms with Crippen LogP contribution in [0.1, 0.15) is 47.0 Å². The highest BCUT2D eigenvalue weighted by atomic mass is 15.2. The van der Waals surface area contributed by atoms with Gasteiger partial charge in [0, 0.05) is 24.2 Å². The number of hydrogen-bond donors (Lipinski definition) is 1. The van der Waals surface area contributed by atoms with Gasteiger partial charge >= 0.3 is 0 Å². The van der Waals surface area contributed by atoms with Crippen molar-refractivity contribution < 1.29 is 0 Å². The summed E-state index contributed by atoms with van der Waals surface area (Å²) in [5.74, 6) is 0.856. The molecule has 0 saturated carbocycles. The first-order chi connectivity index (χ1) is 8.85. The zero-order valence-electron chi connectivity index (χ0n) is 13.6. The van der Waals surface area contributed by atoms with Crippen LogP contribution in [-0.2, 0) is 0 Å². The van der Waals surface area contributed by atoms with Gasteiger partial charge in [0.1, 0.15) is 0 Å². The predicted molar refractivity (Wildman–Crippen MR) is 82.5 cm³/mol. The normalized spacial score (nSPS) is 34.9. The van der Waals surface area contributed by atoms with E-state index in [0.717, 1.165) is 18.0 Å². The van der Waals surface area contributed by atoms with E-state index in [1.54, 1.807) is 0 Å². The largest absolute Gasteiger partial charge is 0.312 e. The summed E-state index contributed by atoms with van der Waals surface area (Å²) in [7, 11) is 2.26. The number of nitrogens with zero attached hydrogens (tertiary/aromatic N) is 2. The van der Waals surface area contributed by atoms with Gasteiger partial charge < -0.3 is 10.2 Å². The minimum atomic E-state index is 0.259. The summed E-state index contributed by atoms with van der Waals surface area (Å²) in [6.45, 7) is 14.2. The molecule has 0 aliphatic carbocycles. The van der Waals surface area contributed by atoms with Crippen molar-refractivity contribution in [2.75, 3.05) is 33.2 Å². The van der Waals surface area contributed by atoms with Crippen LogP contribution in [-0.4, -0.2) is 60.6 Å². The van der Waals surface area contributed by atoms with Crippen LogP contribution in [0.3, 0.4) is 0 Å². The van der Waals surface area contributed by atoms with Crippen molar-refractivity contribution in [2.24, 2.45) is 5.92 Å². The Morgan fingerprint density at radius 2 is 1.89 bits per heavy atom. The van der Waals surface area contributed by atoms with Gasteiger partial charge in [-0.2, -0.15) is 0 Å². The summed E-state index contributed by atoms with van der Waals surface area (Å²) in [5, 5.41) is 3.67. The van der Waals surface area contributed by atoms with E-state index in [-0.39, 0.29) is 5.54 Å². The molecule has 0 bridgehead atoms. The lowest BCUT2D eigenvalue weighted by Crippen LogP contribution is -2.47. The van der Waals surface area contributed by atoms with Crippen molar-refractivity contribution in [1.82, 2.24) is 15.1 Å². The first-order valence-electron chi connectivity index (χ1n) is 8.04. The van der Waals surface area contributed by atoms with Crippen molar-refractivity contribution in [3.63, 3.8) is 0 Å². The van der Waals surface area contributed by atoms with Crippen LogP contribution in [0.5, 0.6) is 0 Å². The molecule has 0 aromatic heterocycles. The third-order valence-electron chi connectivity index (χ3n) is 4.94. The first-order valence-corrected chi connectivity index (χ1v) is 8.04. The highest BCUT2D eigenvalue weighted by Crippen LogP contribution is 2.26. The van der Waals surface area contributed by atoms with Crippen molar-refractivity contribution in [1.29, 1.82) is 0 Å². The van der Waals surface area contributed by atoms with Crippen LogP contribution in [0.2, 0.25) is 0 Å². The molecule has 3 atom stereocenters. The van der Waals surface area contributed by atoms with Gasteiger partial charge in [0.25, 0.3) is 0 Å². The first kappa shape index (κ1) is 15.3. The lowest BCUT2D eigenvalue weighted by atomic mass is 9.97. The Kier molecular flexibility index (Phi) is 4.91. The van der Waals surface area contributed by atoms with E-state index >= 15 is 0 Å². The van der Waals surface area contributed by atoms with Crippen LogP contribution >= 0.6 is 0 Å². The lowest BCUT2D eigenvalue weighted by Gasteiger charge is -2.39. The molecule has 3 nitrogen and oxygen atoms in total. The summed E-state index contributed by atoms with van der Waals surface area (Å²) in [6, 6.07) is 1.59. The minimum absolute atomic E-state index is 0.259. The second-order valence-corrected chi connectivity index (χ2v) is 7.79. The van der Waals surface area contributed by atoms with Gasteiger partial charge in [-0.05, 0) is 79.6 Å². The maximum atomic E-state index is 3.67. The van der Waals surface area contributed by atoms with Crippen molar-refractivity contribution >= 4 is 0 Å². The molecule has 0 aromatic rings. The number of nitrogens with one attached hydrogen (secondary N) is 1. The smallest absolute Gasteiger partial charge is 0.0122 e. The van der Waals surface area contributed by atoms with E-state index < -0.39 is 0 Å². The van der Waals surface area contributed by atoms with E-state index in [4.69, 9.17) is 0 Å². The second-order valence-electron chi connectivity index (χ2n) is 7.79. The Bertz CT molecular complexity index is 284. The van der Waals surface area contributed by atoms with Gasteiger partial charge in [0.15, 0.2) is 0 Å².